The molecule has 1 aromatic heterocycles. The highest BCUT2D eigenvalue weighted by atomic mass is 19.3. The molecule has 4 rings (SSSR count). The van der Waals surface area contributed by atoms with Gasteiger partial charge in [0.05, 0.1) is 0 Å². The number of carbonyl (C=O) groups is 1. The number of likely N-dealkylation sites (tertiary alicyclic amines) is 1. The van der Waals surface area contributed by atoms with E-state index in [4.69, 9.17) is 0 Å². The number of fused-ring (bicyclic) bond motifs is 2. The van der Waals surface area contributed by atoms with Crippen molar-refractivity contribution in [1.82, 2.24) is 9.88 Å². The van der Waals surface area contributed by atoms with Crippen molar-refractivity contribution < 1.29 is 18.3 Å². The van der Waals surface area contributed by atoms with Crippen LogP contribution in [0.4, 0.5) is 8.78 Å². The van der Waals surface area contributed by atoms with Gasteiger partial charge in [-0.15, -0.1) is 0 Å². The van der Waals surface area contributed by atoms with E-state index in [9.17, 15) is 13.6 Å². The quantitative estimate of drug-likeness (QED) is 0.941. The van der Waals surface area contributed by atoms with Gasteiger partial charge in [-0.2, -0.15) is 8.78 Å². The number of rotatable bonds is 3. The van der Waals surface area contributed by atoms with Crippen molar-refractivity contribution >= 4 is 16.8 Å². The van der Waals surface area contributed by atoms with E-state index in [-0.39, 0.29) is 11.7 Å². The Balaban J connectivity index is 1.59. The number of H-pyrrole nitrogens is 1. The van der Waals surface area contributed by atoms with Gasteiger partial charge in [-0.1, -0.05) is 19.9 Å². The van der Waals surface area contributed by atoms with Crippen LogP contribution in [0.1, 0.15) is 24.3 Å². The van der Waals surface area contributed by atoms with E-state index in [1.54, 1.807) is 18.2 Å². The number of hydrogen-bond acceptors (Lipinski definition) is 2. The monoisotopic (exact) mass is 320 g/mol. The predicted molar refractivity (Wildman–Crippen MR) is 81.6 cm³/mol. The van der Waals surface area contributed by atoms with Gasteiger partial charge in [-0.05, 0) is 35.4 Å². The molecule has 0 spiro atoms. The molecule has 6 heteroatoms. The zero-order chi connectivity index (χ0) is 16.4. The zero-order valence-corrected chi connectivity index (χ0v) is 13.0. The Kier molecular flexibility index (Phi) is 2.95. The third kappa shape index (κ3) is 2.19. The van der Waals surface area contributed by atoms with Crippen LogP contribution in [0.3, 0.4) is 0 Å². The molecule has 1 saturated heterocycles. The maximum atomic E-state index is 12.6. The molecule has 0 unspecified atom stereocenters. The summed E-state index contributed by atoms with van der Waals surface area (Å²) in [7, 11) is 0. The second kappa shape index (κ2) is 4.69. The number of alkyl halides is 2. The van der Waals surface area contributed by atoms with Crippen molar-refractivity contribution in [2.75, 3.05) is 13.1 Å². The molecular weight excluding hydrogens is 302 g/mol. The number of ether oxygens (including phenoxy) is 1. The molecule has 1 amide bonds. The molecule has 0 radical (unpaired) electrons. The standard InChI is InChI=1S/C17H18F2N2O2/c1-17(2)10-7-21(8-11(10)17)15(22)13-6-9-12(20-13)4-3-5-14(9)23-16(18)19/h3-6,10-11,16,20H,7-8H2,1-2H3/t10-,11+. The highest BCUT2D eigenvalue weighted by Gasteiger charge is 2.62. The SMILES string of the molecule is CC1(C)[C@@H]2CN(C(=O)c3cc4c(OC(F)F)cccc4[nH]3)C[C@@H]21. The van der Waals surface area contributed by atoms with Crippen LogP contribution in [0, 0.1) is 17.3 Å². The lowest BCUT2D eigenvalue weighted by molar-refractivity contribution is -0.0487. The molecule has 0 bridgehead atoms. The molecule has 1 aliphatic carbocycles. The van der Waals surface area contributed by atoms with Gasteiger partial charge in [-0.25, -0.2) is 0 Å². The Morgan fingerprint density at radius 3 is 2.70 bits per heavy atom. The Morgan fingerprint density at radius 2 is 2.04 bits per heavy atom. The van der Waals surface area contributed by atoms with Crippen molar-refractivity contribution in [2.45, 2.75) is 20.5 Å². The first kappa shape index (κ1) is 14.5. The van der Waals surface area contributed by atoms with Crippen molar-refractivity contribution in [2.24, 2.45) is 17.3 Å². The predicted octanol–water partition coefficient (Wildman–Crippen LogP) is 3.50. The van der Waals surface area contributed by atoms with Crippen LogP contribution in [0.2, 0.25) is 0 Å². The van der Waals surface area contributed by atoms with Crippen LogP contribution in [-0.2, 0) is 0 Å². The Morgan fingerprint density at radius 1 is 1.35 bits per heavy atom. The van der Waals surface area contributed by atoms with Crippen LogP contribution in [0.15, 0.2) is 24.3 Å². The highest BCUT2D eigenvalue weighted by molar-refractivity contribution is 5.99. The number of piperidine rings is 1. The topological polar surface area (TPSA) is 45.3 Å². The minimum atomic E-state index is -2.89. The summed E-state index contributed by atoms with van der Waals surface area (Å²) in [5, 5.41) is 0.501. The van der Waals surface area contributed by atoms with Crippen LogP contribution < -0.4 is 4.74 Å². The average Bonchev–Trinajstić information content (AvgIpc) is 2.96. The van der Waals surface area contributed by atoms with Gasteiger partial charge in [0.2, 0.25) is 0 Å². The summed E-state index contributed by atoms with van der Waals surface area (Å²) in [6, 6.07) is 6.45. The number of amides is 1. The Labute approximate surface area is 132 Å². The Hall–Kier alpha value is -2.11. The first-order chi connectivity index (χ1) is 10.9. The molecule has 1 aromatic carbocycles. The summed E-state index contributed by atoms with van der Waals surface area (Å²) in [6.07, 6.45) is 0. The van der Waals surface area contributed by atoms with Crippen LogP contribution in [-0.4, -0.2) is 35.5 Å². The molecular formula is C17H18F2N2O2. The van der Waals surface area contributed by atoms with E-state index < -0.39 is 6.61 Å². The molecule has 1 aliphatic heterocycles. The van der Waals surface area contributed by atoms with E-state index in [0.29, 0.717) is 33.8 Å². The number of halogens is 2. The molecule has 2 atom stereocenters. The minimum absolute atomic E-state index is 0.0767. The van der Waals surface area contributed by atoms with Gasteiger partial charge in [0.25, 0.3) is 5.91 Å². The minimum Gasteiger partial charge on any atom is -0.434 e. The number of nitrogens with zero attached hydrogens (tertiary/aromatic N) is 1. The molecule has 23 heavy (non-hydrogen) atoms. The molecule has 2 aliphatic rings. The molecule has 2 aromatic rings. The van der Waals surface area contributed by atoms with Crippen molar-refractivity contribution in [3.8, 4) is 5.75 Å². The summed E-state index contributed by atoms with van der Waals surface area (Å²) in [5.41, 5.74) is 1.38. The third-order valence-electron chi connectivity index (χ3n) is 5.48. The highest BCUT2D eigenvalue weighted by Crippen LogP contribution is 2.62. The van der Waals surface area contributed by atoms with E-state index in [2.05, 4.69) is 23.6 Å². The Bertz CT molecular complexity index is 770. The number of aromatic amines is 1. The second-order valence-electron chi connectivity index (χ2n) is 7.02. The molecule has 1 saturated carbocycles. The number of hydrogen-bond donors (Lipinski definition) is 1. The van der Waals surface area contributed by atoms with E-state index >= 15 is 0 Å². The molecule has 122 valence electrons. The van der Waals surface area contributed by atoms with Gasteiger partial charge >= 0.3 is 6.61 Å². The van der Waals surface area contributed by atoms with Gasteiger partial charge in [0.1, 0.15) is 11.4 Å². The lowest BCUT2D eigenvalue weighted by Gasteiger charge is -2.21. The molecule has 2 fully saturated rings. The van der Waals surface area contributed by atoms with Gasteiger partial charge in [0, 0.05) is 24.0 Å². The van der Waals surface area contributed by atoms with E-state index in [1.165, 1.54) is 6.07 Å². The zero-order valence-electron chi connectivity index (χ0n) is 13.0. The van der Waals surface area contributed by atoms with Crippen molar-refractivity contribution in [3.05, 3.63) is 30.0 Å². The average molecular weight is 320 g/mol. The lowest BCUT2D eigenvalue weighted by Crippen LogP contribution is -2.33. The molecule has 2 heterocycles. The summed E-state index contributed by atoms with van der Waals surface area (Å²) in [6.45, 7) is 3.13. The number of benzene rings is 1. The normalized spacial score (nSPS) is 25.0. The smallest absolute Gasteiger partial charge is 0.387 e. The maximum Gasteiger partial charge on any atom is 0.387 e. The first-order valence-corrected chi connectivity index (χ1v) is 7.73. The lowest BCUT2D eigenvalue weighted by atomic mass is 10.1. The van der Waals surface area contributed by atoms with Gasteiger partial charge in [-0.3, -0.25) is 4.79 Å². The fourth-order valence-corrected chi connectivity index (χ4v) is 3.91. The summed E-state index contributed by atoms with van der Waals surface area (Å²) in [4.78, 5) is 17.5. The number of aromatic nitrogens is 1. The van der Waals surface area contributed by atoms with Gasteiger partial charge < -0.3 is 14.6 Å². The van der Waals surface area contributed by atoms with Gasteiger partial charge in [0.15, 0.2) is 0 Å². The van der Waals surface area contributed by atoms with E-state index in [0.717, 1.165) is 13.1 Å². The summed E-state index contributed by atoms with van der Waals surface area (Å²) < 4.78 is 29.5. The maximum absolute atomic E-state index is 12.6. The summed E-state index contributed by atoms with van der Waals surface area (Å²) >= 11 is 0. The first-order valence-electron chi connectivity index (χ1n) is 7.73. The fraction of sp³-hybridized carbons (Fsp3) is 0.471. The molecule has 4 nitrogen and oxygen atoms in total. The van der Waals surface area contributed by atoms with E-state index in [1.807, 2.05) is 4.90 Å². The number of carbonyl (C=O) groups excluding carboxylic acids is 1. The number of nitrogens with one attached hydrogen (secondary N) is 1. The third-order valence-corrected chi connectivity index (χ3v) is 5.48. The van der Waals surface area contributed by atoms with Crippen LogP contribution in [0.25, 0.3) is 10.9 Å². The fourth-order valence-electron chi connectivity index (χ4n) is 3.91. The summed E-state index contributed by atoms with van der Waals surface area (Å²) in [5.74, 6) is 1.16. The second-order valence-corrected chi connectivity index (χ2v) is 7.02. The van der Waals surface area contributed by atoms with Crippen LogP contribution >= 0.6 is 0 Å². The van der Waals surface area contributed by atoms with Crippen LogP contribution in [0.5, 0.6) is 5.75 Å². The molecule has 1 N–H and O–H groups in total. The van der Waals surface area contributed by atoms with Crippen molar-refractivity contribution in [3.63, 3.8) is 0 Å². The van der Waals surface area contributed by atoms with Crippen molar-refractivity contribution in [1.29, 1.82) is 0 Å². The largest absolute Gasteiger partial charge is 0.434 e.